The van der Waals surface area contributed by atoms with Gasteiger partial charge in [-0.05, 0) is 25.0 Å². The molecule has 1 saturated carbocycles. The first-order chi connectivity index (χ1) is 12.4. The average Bonchev–Trinajstić information content (AvgIpc) is 3.37. The quantitative estimate of drug-likeness (QED) is 0.853. The molecule has 0 amide bonds. The SMILES string of the molecule is CO[C@@H]1CN(c2cc3c(cc2F)c(=O)c(C(=O)O)cn3C2CC2)C[C@@H]1N. The molecule has 3 N–H and O–H groups in total. The monoisotopic (exact) mass is 361 g/mol. The van der Waals surface area contributed by atoms with Crippen molar-refractivity contribution in [3.8, 4) is 0 Å². The van der Waals surface area contributed by atoms with Crippen LogP contribution in [0.3, 0.4) is 0 Å². The van der Waals surface area contributed by atoms with Crippen LogP contribution >= 0.6 is 0 Å². The van der Waals surface area contributed by atoms with Crippen molar-refractivity contribution in [2.24, 2.45) is 5.73 Å². The van der Waals surface area contributed by atoms with E-state index in [9.17, 15) is 19.1 Å². The highest BCUT2D eigenvalue weighted by Crippen LogP contribution is 2.38. The number of hydrogen-bond acceptors (Lipinski definition) is 5. The number of carboxylic acids is 1. The predicted octanol–water partition coefficient (Wildman–Crippen LogP) is 1.34. The van der Waals surface area contributed by atoms with Crippen LogP contribution in [0.1, 0.15) is 29.2 Å². The summed E-state index contributed by atoms with van der Waals surface area (Å²) in [5, 5.41) is 9.38. The number of halogens is 1. The van der Waals surface area contributed by atoms with Crippen molar-refractivity contribution in [1.29, 1.82) is 0 Å². The Bertz CT molecular complexity index is 954. The van der Waals surface area contributed by atoms with E-state index in [1.165, 1.54) is 6.20 Å². The van der Waals surface area contributed by atoms with Crippen LogP contribution in [0.4, 0.5) is 10.1 Å². The second kappa shape index (κ2) is 6.07. The van der Waals surface area contributed by atoms with Gasteiger partial charge in [-0.15, -0.1) is 0 Å². The number of nitrogens with zero attached hydrogens (tertiary/aromatic N) is 2. The molecule has 1 aliphatic heterocycles. The lowest BCUT2D eigenvalue weighted by Gasteiger charge is -2.21. The fraction of sp³-hybridized carbons (Fsp3) is 0.444. The van der Waals surface area contributed by atoms with Gasteiger partial charge in [0, 0.05) is 37.8 Å². The lowest BCUT2D eigenvalue weighted by Crippen LogP contribution is -2.34. The van der Waals surface area contributed by atoms with E-state index in [0.717, 1.165) is 18.9 Å². The highest BCUT2D eigenvalue weighted by atomic mass is 19.1. The summed E-state index contributed by atoms with van der Waals surface area (Å²) in [7, 11) is 1.57. The number of aromatic nitrogens is 1. The van der Waals surface area contributed by atoms with E-state index in [-0.39, 0.29) is 29.1 Å². The molecule has 2 fully saturated rings. The number of carboxylic acid groups (broad SMARTS) is 1. The molecule has 1 aromatic carbocycles. The Morgan fingerprint density at radius 3 is 2.65 bits per heavy atom. The Labute approximate surface area is 148 Å². The van der Waals surface area contributed by atoms with Gasteiger partial charge in [0.2, 0.25) is 5.43 Å². The smallest absolute Gasteiger partial charge is 0.341 e. The number of fused-ring (bicyclic) bond motifs is 1. The largest absolute Gasteiger partial charge is 0.477 e. The van der Waals surface area contributed by atoms with Gasteiger partial charge in [0.25, 0.3) is 0 Å². The summed E-state index contributed by atoms with van der Waals surface area (Å²) in [5.74, 6) is -1.87. The maximum Gasteiger partial charge on any atom is 0.341 e. The van der Waals surface area contributed by atoms with Gasteiger partial charge in [-0.2, -0.15) is 0 Å². The van der Waals surface area contributed by atoms with Crippen molar-refractivity contribution >= 4 is 22.6 Å². The summed E-state index contributed by atoms with van der Waals surface area (Å²) in [6.45, 7) is 0.906. The van der Waals surface area contributed by atoms with Crippen molar-refractivity contribution < 1.29 is 19.0 Å². The molecule has 2 heterocycles. The highest BCUT2D eigenvalue weighted by Gasteiger charge is 2.33. The maximum absolute atomic E-state index is 14.8. The van der Waals surface area contributed by atoms with Crippen LogP contribution in [0.15, 0.2) is 23.1 Å². The van der Waals surface area contributed by atoms with E-state index in [0.29, 0.717) is 24.3 Å². The summed E-state index contributed by atoms with van der Waals surface area (Å²) in [6, 6.07) is 2.68. The number of pyridine rings is 1. The minimum atomic E-state index is -1.30. The molecule has 1 aliphatic carbocycles. The number of anilines is 1. The zero-order chi connectivity index (χ0) is 18.6. The van der Waals surface area contributed by atoms with Gasteiger partial charge in [0.05, 0.1) is 23.3 Å². The molecule has 2 atom stereocenters. The van der Waals surface area contributed by atoms with Gasteiger partial charge in [-0.1, -0.05) is 0 Å². The average molecular weight is 361 g/mol. The van der Waals surface area contributed by atoms with E-state index in [1.807, 2.05) is 0 Å². The minimum absolute atomic E-state index is 0.0878. The molecule has 0 bridgehead atoms. The number of aromatic carboxylic acids is 1. The second-order valence-corrected chi connectivity index (χ2v) is 6.98. The van der Waals surface area contributed by atoms with Crippen LogP contribution in [-0.4, -0.2) is 48.0 Å². The Kier molecular flexibility index (Phi) is 3.96. The number of hydrogen-bond donors (Lipinski definition) is 2. The maximum atomic E-state index is 14.8. The summed E-state index contributed by atoms with van der Waals surface area (Å²) >= 11 is 0. The van der Waals surface area contributed by atoms with Gasteiger partial charge >= 0.3 is 5.97 Å². The van der Waals surface area contributed by atoms with Crippen molar-refractivity contribution in [2.75, 3.05) is 25.1 Å². The Hall–Kier alpha value is -2.45. The van der Waals surface area contributed by atoms with Crippen LogP contribution in [0.25, 0.3) is 10.9 Å². The number of nitrogens with two attached hydrogens (primary N) is 1. The van der Waals surface area contributed by atoms with Gasteiger partial charge in [-0.25, -0.2) is 9.18 Å². The molecule has 0 radical (unpaired) electrons. The van der Waals surface area contributed by atoms with Crippen molar-refractivity contribution in [1.82, 2.24) is 4.57 Å². The van der Waals surface area contributed by atoms with Crippen LogP contribution in [0.2, 0.25) is 0 Å². The van der Waals surface area contributed by atoms with Crippen molar-refractivity contribution in [2.45, 2.75) is 31.0 Å². The van der Waals surface area contributed by atoms with Gasteiger partial charge in [0.1, 0.15) is 11.4 Å². The molecule has 2 aliphatic rings. The van der Waals surface area contributed by atoms with E-state index >= 15 is 0 Å². The number of carbonyl (C=O) groups is 1. The second-order valence-electron chi connectivity index (χ2n) is 6.98. The minimum Gasteiger partial charge on any atom is -0.477 e. The molecule has 8 heteroatoms. The van der Waals surface area contributed by atoms with Gasteiger partial charge in [-0.3, -0.25) is 4.79 Å². The topological polar surface area (TPSA) is 97.8 Å². The van der Waals surface area contributed by atoms with Crippen molar-refractivity contribution in [3.05, 3.63) is 39.9 Å². The first-order valence-corrected chi connectivity index (χ1v) is 8.55. The molecular formula is C18H20FN3O4. The molecule has 1 aromatic heterocycles. The normalized spacial score (nSPS) is 23.0. The van der Waals surface area contributed by atoms with E-state index < -0.39 is 17.2 Å². The molecular weight excluding hydrogens is 341 g/mol. The number of rotatable bonds is 4. The lowest BCUT2D eigenvalue weighted by molar-refractivity contribution is 0.0695. The Balaban J connectivity index is 1.89. The van der Waals surface area contributed by atoms with E-state index in [4.69, 9.17) is 10.5 Å². The summed E-state index contributed by atoms with van der Waals surface area (Å²) in [4.78, 5) is 25.7. The van der Waals surface area contributed by atoms with E-state index in [2.05, 4.69) is 0 Å². The summed E-state index contributed by atoms with van der Waals surface area (Å²) in [6.07, 6.45) is 3.00. The lowest BCUT2D eigenvalue weighted by atomic mass is 10.1. The first-order valence-electron chi connectivity index (χ1n) is 8.55. The summed E-state index contributed by atoms with van der Waals surface area (Å²) in [5.41, 5.74) is 5.94. The van der Waals surface area contributed by atoms with Crippen molar-refractivity contribution in [3.63, 3.8) is 0 Å². The van der Waals surface area contributed by atoms with E-state index in [1.54, 1.807) is 22.6 Å². The number of methoxy groups -OCH3 is 1. The first kappa shape index (κ1) is 17.0. The van der Waals surface area contributed by atoms with Crippen LogP contribution < -0.4 is 16.1 Å². The standard InChI is InChI=1S/C18H20FN3O4/c1-26-16-8-21(7-13(16)20)15-5-14-10(4-12(15)19)17(23)11(18(24)25)6-22(14)9-2-3-9/h4-6,9,13,16H,2-3,7-8,20H2,1H3,(H,24,25)/t13-,16+/m0/s1. The molecule has 0 spiro atoms. The number of benzene rings is 1. The fourth-order valence-corrected chi connectivity index (χ4v) is 3.65. The predicted molar refractivity (Wildman–Crippen MR) is 94.4 cm³/mol. The molecule has 4 rings (SSSR count). The third-order valence-electron chi connectivity index (χ3n) is 5.22. The van der Waals surface area contributed by atoms with Crippen LogP contribution in [0, 0.1) is 5.82 Å². The molecule has 1 saturated heterocycles. The summed E-state index contributed by atoms with van der Waals surface area (Å²) < 4.78 is 21.9. The third kappa shape index (κ3) is 2.65. The Morgan fingerprint density at radius 2 is 2.08 bits per heavy atom. The molecule has 2 aromatic rings. The number of ether oxygens (including phenoxy) is 1. The third-order valence-corrected chi connectivity index (χ3v) is 5.22. The zero-order valence-corrected chi connectivity index (χ0v) is 14.3. The van der Waals surface area contributed by atoms with Gasteiger partial charge < -0.3 is 25.0 Å². The van der Waals surface area contributed by atoms with Crippen LogP contribution in [0.5, 0.6) is 0 Å². The molecule has 26 heavy (non-hydrogen) atoms. The molecule has 138 valence electrons. The fourth-order valence-electron chi connectivity index (χ4n) is 3.65. The molecule has 0 unspecified atom stereocenters. The highest BCUT2D eigenvalue weighted by molar-refractivity contribution is 5.93. The van der Waals surface area contributed by atoms with Crippen LogP contribution in [-0.2, 0) is 4.74 Å². The van der Waals surface area contributed by atoms with Gasteiger partial charge in [0.15, 0.2) is 0 Å². The zero-order valence-electron chi connectivity index (χ0n) is 14.3. The Morgan fingerprint density at radius 1 is 1.35 bits per heavy atom. The molecule has 7 nitrogen and oxygen atoms in total.